The summed E-state index contributed by atoms with van der Waals surface area (Å²) >= 11 is 0. The number of nitrogens with one attached hydrogen (secondary N) is 1. The summed E-state index contributed by atoms with van der Waals surface area (Å²) in [7, 11) is 0. The Morgan fingerprint density at radius 3 is 2.10 bits per heavy atom. The molecular weight excluding hydrogens is 258 g/mol. The van der Waals surface area contributed by atoms with E-state index in [1.54, 1.807) is 0 Å². The molecule has 2 nitrogen and oxygen atoms in total. The Labute approximate surface area is 129 Å². The molecule has 116 valence electrons. The van der Waals surface area contributed by atoms with Crippen LogP contribution in [-0.4, -0.2) is 12.5 Å². The largest absolute Gasteiger partial charge is 0.355 e. The van der Waals surface area contributed by atoms with E-state index in [1.807, 2.05) is 18.2 Å². The molecule has 0 atom stereocenters. The summed E-state index contributed by atoms with van der Waals surface area (Å²) < 4.78 is 0. The molecule has 2 heteroatoms. The summed E-state index contributed by atoms with van der Waals surface area (Å²) in [6, 6.07) is 10.3. The first-order valence-electron chi connectivity index (χ1n) is 8.31. The molecule has 1 fully saturated rings. The highest BCUT2D eigenvalue weighted by molar-refractivity contribution is 5.89. The van der Waals surface area contributed by atoms with Crippen LogP contribution in [0.15, 0.2) is 30.3 Å². The lowest BCUT2D eigenvalue weighted by Gasteiger charge is -2.41. The lowest BCUT2D eigenvalue weighted by atomic mass is 9.63. The fourth-order valence-electron chi connectivity index (χ4n) is 3.56. The van der Waals surface area contributed by atoms with Gasteiger partial charge < -0.3 is 5.32 Å². The Morgan fingerprint density at radius 2 is 1.67 bits per heavy atom. The summed E-state index contributed by atoms with van der Waals surface area (Å²) in [5.74, 6) is 1.96. The molecule has 1 saturated carbocycles. The van der Waals surface area contributed by atoms with Crippen LogP contribution in [0.4, 0.5) is 0 Å². The minimum Gasteiger partial charge on any atom is -0.355 e. The third-order valence-corrected chi connectivity index (χ3v) is 5.18. The van der Waals surface area contributed by atoms with Crippen molar-refractivity contribution in [2.24, 2.45) is 17.8 Å². The van der Waals surface area contributed by atoms with Crippen molar-refractivity contribution in [1.82, 2.24) is 5.32 Å². The molecule has 1 aromatic carbocycles. The van der Waals surface area contributed by atoms with Gasteiger partial charge in [-0.25, -0.2) is 0 Å². The molecule has 1 aliphatic carbocycles. The van der Waals surface area contributed by atoms with Gasteiger partial charge in [0.15, 0.2) is 0 Å². The van der Waals surface area contributed by atoms with Gasteiger partial charge in [-0.15, -0.1) is 0 Å². The van der Waals surface area contributed by atoms with Crippen LogP contribution in [0.1, 0.15) is 52.5 Å². The van der Waals surface area contributed by atoms with E-state index in [-0.39, 0.29) is 11.3 Å². The van der Waals surface area contributed by atoms with Gasteiger partial charge in [-0.1, -0.05) is 64.4 Å². The molecule has 1 aliphatic rings. The third kappa shape index (κ3) is 3.30. The van der Waals surface area contributed by atoms with E-state index in [9.17, 15) is 4.79 Å². The van der Waals surface area contributed by atoms with Crippen LogP contribution in [-0.2, 0) is 10.2 Å². The standard InChI is InChI=1S/C19H29NO/c1-14(2)17(15(3)4)13-20-18(21)19(11-8-12-19)16-9-6-5-7-10-16/h5-7,9-10,14-15,17H,8,11-13H2,1-4H3,(H,20,21). The van der Waals surface area contributed by atoms with Crippen LogP contribution in [0.25, 0.3) is 0 Å². The first kappa shape index (κ1) is 16.1. The molecule has 0 heterocycles. The van der Waals surface area contributed by atoms with Crippen LogP contribution in [0.2, 0.25) is 0 Å². The summed E-state index contributed by atoms with van der Waals surface area (Å²) in [5, 5.41) is 3.25. The number of carbonyl (C=O) groups excluding carboxylic acids is 1. The van der Waals surface area contributed by atoms with E-state index in [0.29, 0.717) is 17.8 Å². The molecule has 1 aromatic rings. The van der Waals surface area contributed by atoms with Gasteiger partial charge in [0, 0.05) is 6.54 Å². The van der Waals surface area contributed by atoms with Crippen molar-refractivity contribution in [3.63, 3.8) is 0 Å². The van der Waals surface area contributed by atoms with Crippen molar-refractivity contribution in [2.45, 2.75) is 52.4 Å². The zero-order valence-electron chi connectivity index (χ0n) is 13.9. The normalized spacial score (nSPS) is 17.1. The molecule has 0 aliphatic heterocycles. The monoisotopic (exact) mass is 287 g/mol. The average Bonchev–Trinajstić information content (AvgIpc) is 2.38. The van der Waals surface area contributed by atoms with Crippen molar-refractivity contribution >= 4 is 5.91 Å². The first-order chi connectivity index (χ1) is 9.97. The van der Waals surface area contributed by atoms with E-state index >= 15 is 0 Å². The predicted molar refractivity (Wildman–Crippen MR) is 88.1 cm³/mol. The summed E-state index contributed by atoms with van der Waals surface area (Å²) in [6.45, 7) is 9.77. The molecule has 0 bridgehead atoms. The topological polar surface area (TPSA) is 29.1 Å². The van der Waals surface area contributed by atoms with Gasteiger partial charge in [-0.05, 0) is 36.2 Å². The van der Waals surface area contributed by atoms with Gasteiger partial charge in [-0.3, -0.25) is 4.79 Å². The second kappa shape index (κ2) is 6.64. The van der Waals surface area contributed by atoms with Gasteiger partial charge in [0.1, 0.15) is 0 Å². The molecule has 0 saturated heterocycles. The number of amides is 1. The molecule has 0 spiro atoms. The molecule has 0 aromatic heterocycles. The van der Waals surface area contributed by atoms with Crippen molar-refractivity contribution < 1.29 is 4.79 Å². The highest BCUT2D eigenvalue weighted by Crippen LogP contribution is 2.43. The Kier molecular flexibility index (Phi) is 5.08. The zero-order valence-corrected chi connectivity index (χ0v) is 13.9. The smallest absolute Gasteiger partial charge is 0.230 e. The van der Waals surface area contributed by atoms with Crippen molar-refractivity contribution in [3.8, 4) is 0 Å². The average molecular weight is 287 g/mol. The Hall–Kier alpha value is -1.31. The first-order valence-corrected chi connectivity index (χ1v) is 8.31. The van der Waals surface area contributed by atoms with Crippen LogP contribution < -0.4 is 5.32 Å². The van der Waals surface area contributed by atoms with E-state index < -0.39 is 0 Å². The Bertz CT molecular complexity index is 452. The zero-order chi connectivity index (χ0) is 15.5. The highest BCUT2D eigenvalue weighted by atomic mass is 16.2. The summed E-state index contributed by atoms with van der Waals surface area (Å²) in [5.41, 5.74) is 0.916. The quantitative estimate of drug-likeness (QED) is 0.836. The maximum atomic E-state index is 12.8. The van der Waals surface area contributed by atoms with E-state index in [0.717, 1.165) is 25.8 Å². The maximum Gasteiger partial charge on any atom is 0.230 e. The Balaban J connectivity index is 2.05. The molecule has 1 N–H and O–H groups in total. The molecule has 0 radical (unpaired) electrons. The predicted octanol–water partition coefficient (Wildman–Crippen LogP) is 4.15. The summed E-state index contributed by atoms with van der Waals surface area (Å²) in [6.07, 6.45) is 3.12. The third-order valence-electron chi connectivity index (χ3n) is 5.18. The van der Waals surface area contributed by atoms with Gasteiger partial charge in [0.05, 0.1) is 5.41 Å². The SMILES string of the molecule is CC(C)C(CNC(=O)C1(c2ccccc2)CCC1)C(C)C. The van der Waals surface area contributed by atoms with Crippen molar-refractivity contribution in [3.05, 3.63) is 35.9 Å². The van der Waals surface area contributed by atoms with Crippen LogP contribution in [0.3, 0.4) is 0 Å². The second-order valence-electron chi connectivity index (χ2n) is 7.16. The highest BCUT2D eigenvalue weighted by Gasteiger charge is 2.45. The number of hydrogen-bond acceptors (Lipinski definition) is 1. The molecule has 1 amide bonds. The van der Waals surface area contributed by atoms with Gasteiger partial charge >= 0.3 is 0 Å². The maximum absolute atomic E-state index is 12.8. The van der Waals surface area contributed by atoms with Gasteiger partial charge in [0.25, 0.3) is 0 Å². The molecule has 21 heavy (non-hydrogen) atoms. The lowest BCUT2D eigenvalue weighted by Crippen LogP contribution is -2.50. The molecule has 2 rings (SSSR count). The van der Waals surface area contributed by atoms with Gasteiger partial charge in [-0.2, -0.15) is 0 Å². The fourth-order valence-corrected chi connectivity index (χ4v) is 3.56. The fraction of sp³-hybridized carbons (Fsp3) is 0.632. The Morgan fingerprint density at radius 1 is 1.10 bits per heavy atom. The minimum atomic E-state index is -0.264. The van der Waals surface area contributed by atoms with E-state index in [4.69, 9.17) is 0 Å². The van der Waals surface area contributed by atoms with Crippen molar-refractivity contribution in [2.75, 3.05) is 6.54 Å². The van der Waals surface area contributed by atoms with E-state index in [1.165, 1.54) is 5.56 Å². The lowest BCUT2D eigenvalue weighted by molar-refractivity contribution is -0.130. The number of carbonyl (C=O) groups is 1. The second-order valence-corrected chi connectivity index (χ2v) is 7.16. The van der Waals surface area contributed by atoms with Crippen LogP contribution in [0, 0.1) is 17.8 Å². The van der Waals surface area contributed by atoms with Crippen molar-refractivity contribution in [1.29, 1.82) is 0 Å². The number of rotatable bonds is 6. The van der Waals surface area contributed by atoms with Gasteiger partial charge in [0.2, 0.25) is 5.91 Å². The summed E-state index contributed by atoms with van der Waals surface area (Å²) in [4.78, 5) is 12.8. The number of hydrogen-bond donors (Lipinski definition) is 1. The number of benzene rings is 1. The van der Waals surface area contributed by atoms with Crippen LogP contribution in [0.5, 0.6) is 0 Å². The van der Waals surface area contributed by atoms with E-state index in [2.05, 4.69) is 45.1 Å². The van der Waals surface area contributed by atoms with Crippen LogP contribution >= 0.6 is 0 Å². The molecule has 0 unspecified atom stereocenters. The molecular formula is C19H29NO. The minimum absolute atomic E-state index is 0.228.